The normalized spacial score (nSPS) is 41.7. The first-order valence-corrected chi connectivity index (χ1v) is 4.30. The minimum absolute atomic E-state index is 0.840. The number of fused-ring (bicyclic) bond motifs is 2. The quantitative estimate of drug-likeness (QED) is 0.525. The lowest BCUT2D eigenvalue weighted by atomic mass is 9.93. The van der Waals surface area contributed by atoms with Crippen LogP contribution < -0.4 is 5.32 Å². The molecule has 2 unspecified atom stereocenters. The summed E-state index contributed by atoms with van der Waals surface area (Å²) < 4.78 is 0. The molecule has 0 aromatic rings. The van der Waals surface area contributed by atoms with Crippen molar-refractivity contribution >= 4 is 0 Å². The number of hydrogen-bond acceptors (Lipinski definition) is 2. The maximum Gasteiger partial charge on any atom is 0.0221 e. The zero-order chi connectivity index (χ0) is 6.97. The van der Waals surface area contributed by atoms with Gasteiger partial charge in [0, 0.05) is 25.2 Å². The van der Waals surface area contributed by atoms with Crippen molar-refractivity contribution in [2.45, 2.75) is 31.3 Å². The fraction of sp³-hybridized carbons (Fsp3) is 1.00. The Morgan fingerprint density at radius 1 is 1.20 bits per heavy atom. The van der Waals surface area contributed by atoms with E-state index in [4.69, 9.17) is 0 Å². The summed E-state index contributed by atoms with van der Waals surface area (Å²) in [6.07, 6.45) is 4.25. The molecule has 2 fully saturated rings. The van der Waals surface area contributed by atoms with Gasteiger partial charge in [0.25, 0.3) is 0 Å². The molecule has 58 valence electrons. The third-order valence-corrected chi connectivity index (χ3v) is 2.99. The summed E-state index contributed by atoms with van der Waals surface area (Å²) in [7, 11) is 2.27. The summed E-state index contributed by atoms with van der Waals surface area (Å²) in [5, 5.41) is 3.48. The molecule has 1 N–H and O–H groups in total. The van der Waals surface area contributed by atoms with Crippen LogP contribution in [0.15, 0.2) is 0 Å². The lowest BCUT2D eigenvalue weighted by molar-refractivity contribution is 0.0809. The van der Waals surface area contributed by atoms with Gasteiger partial charge in [0.1, 0.15) is 0 Å². The van der Waals surface area contributed by atoms with Gasteiger partial charge in [-0.15, -0.1) is 0 Å². The molecule has 0 radical (unpaired) electrons. The Morgan fingerprint density at radius 2 is 1.80 bits per heavy atom. The van der Waals surface area contributed by atoms with Gasteiger partial charge in [0.05, 0.1) is 0 Å². The second-order valence-corrected chi connectivity index (χ2v) is 3.56. The number of likely N-dealkylation sites (N-methyl/N-ethyl adjacent to an activating group) is 1. The van der Waals surface area contributed by atoms with Crippen LogP contribution in [0.5, 0.6) is 0 Å². The lowest BCUT2D eigenvalue weighted by Gasteiger charge is -2.44. The van der Waals surface area contributed by atoms with Crippen molar-refractivity contribution in [3.05, 3.63) is 0 Å². The third-order valence-electron chi connectivity index (χ3n) is 2.99. The number of nitrogens with one attached hydrogen (secondary N) is 1. The van der Waals surface area contributed by atoms with Crippen LogP contribution in [-0.4, -0.2) is 37.1 Å². The van der Waals surface area contributed by atoms with Gasteiger partial charge in [-0.2, -0.15) is 0 Å². The second kappa shape index (κ2) is 2.51. The van der Waals surface area contributed by atoms with Crippen LogP contribution in [0.4, 0.5) is 0 Å². The Labute approximate surface area is 62.6 Å². The average Bonchev–Trinajstić information content (AvgIpc) is 1.86. The number of hydrogen-bond donors (Lipinski definition) is 1. The monoisotopic (exact) mass is 140 g/mol. The van der Waals surface area contributed by atoms with E-state index in [1.807, 2.05) is 0 Å². The van der Waals surface area contributed by atoms with Crippen molar-refractivity contribution in [2.24, 2.45) is 0 Å². The fourth-order valence-electron chi connectivity index (χ4n) is 2.20. The van der Waals surface area contributed by atoms with Crippen molar-refractivity contribution in [2.75, 3.05) is 20.1 Å². The molecule has 0 spiro atoms. The number of piperazine rings is 1. The minimum Gasteiger partial charge on any atom is -0.314 e. The highest BCUT2D eigenvalue weighted by molar-refractivity contribution is 4.89. The van der Waals surface area contributed by atoms with Crippen LogP contribution in [0.3, 0.4) is 0 Å². The average molecular weight is 140 g/mol. The third kappa shape index (κ3) is 0.956. The molecule has 2 bridgehead atoms. The molecule has 2 nitrogen and oxygen atoms in total. The SMILES string of the molecule is CN1C2CCCC1CNC2. The second-order valence-electron chi connectivity index (χ2n) is 3.56. The standard InChI is InChI=1S/C8H16N2/c1-10-7-3-2-4-8(10)6-9-5-7/h7-9H,2-6H2,1H3. The molecule has 2 atom stereocenters. The van der Waals surface area contributed by atoms with E-state index in [0.717, 1.165) is 12.1 Å². The zero-order valence-corrected chi connectivity index (χ0v) is 6.64. The summed E-state index contributed by atoms with van der Waals surface area (Å²) in [6, 6.07) is 1.68. The maximum absolute atomic E-state index is 3.48. The van der Waals surface area contributed by atoms with Gasteiger partial charge in [-0.05, 0) is 19.9 Å². The van der Waals surface area contributed by atoms with E-state index in [-0.39, 0.29) is 0 Å². The van der Waals surface area contributed by atoms with E-state index in [1.54, 1.807) is 0 Å². The van der Waals surface area contributed by atoms with E-state index < -0.39 is 0 Å². The smallest absolute Gasteiger partial charge is 0.0221 e. The van der Waals surface area contributed by atoms with Crippen LogP contribution in [0.2, 0.25) is 0 Å². The molecule has 2 heterocycles. The molecule has 0 amide bonds. The summed E-state index contributed by atoms with van der Waals surface area (Å²) in [4.78, 5) is 2.56. The molecule has 2 rings (SSSR count). The molecule has 0 aromatic heterocycles. The maximum atomic E-state index is 3.48. The lowest BCUT2D eigenvalue weighted by Crippen LogP contribution is -2.57. The van der Waals surface area contributed by atoms with Gasteiger partial charge < -0.3 is 5.32 Å². The summed E-state index contributed by atoms with van der Waals surface area (Å²) in [5.74, 6) is 0. The molecule has 2 heteroatoms. The minimum atomic E-state index is 0.840. The van der Waals surface area contributed by atoms with E-state index in [0.29, 0.717) is 0 Å². The summed E-state index contributed by atoms with van der Waals surface area (Å²) in [5.41, 5.74) is 0. The highest BCUT2D eigenvalue weighted by atomic mass is 15.2. The Morgan fingerprint density at radius 3 is 2.30 bits per heavy atom. The Balaban J connectivity index is 2.05. The van der Waals surface area contributed by atoms with Crippen molar-refractivity contribution in [3.63, 3.8) is 0 Å². The fourth-order valence-corrected chi connectivity index (χ4v) is 2.20. The van der Waals surface area contributed by atoms with Crippen molar-refractivity contribution in [3.8, 4) is 0 Å². The van der Waals surface area contributed by atoms with Gasteiger partial charge in [0.15, 0.2) is 0 Å². The summed E-state index contributed by atoms with van der Waals surface area (Å²) >= 11 is 0. The van der Waals surface area contributed by atoms with Crippen molar-refractivity contribution < 1.29 is 0 Å². The van der Waals surface area contributed by atoms with Crippen molar-refractivity contribution in [1.29, 1.82) is 0 Å². The van der Waals surface area contributed by atoms with Crippen molar-refractivity contribution in [1.82, 2.24) is 10.2 Å². The molecular weight excluding hydrogens is 124 g/mol. The van der Waals surface area contributed by atoms with Gasteiger partial charge in [-0.3, -0.25) is 4.90 Å². The van der Waals surface area contributed by atoms with Crippen LogP contribution in [0, 0.1) is 0 Å². The molecule has 2 aliphatic heterocycles. The molecule has 2 saturated heterocycles. The number of nitrogens with zero attached hydrogens (tertiary/aromatic N) is 1. The first kappa shape index (κ1) is 6.62. The van der Waals surface area contributed by atoms with Crippen LogP contribution in [0.1, 0.15) is 19.3 Å². The van der Waals surface area contributed by atoms with E-state index >= 15 is 0 Å². The van der Waals surface area contributed by atoms with E-state index in [1.165, 1.54) is 32.4 Å². The van der Waals surface area contributed by atoms with E-state index in [9.17, 15) is 0 Å². The van der Waals surface area contributed by atoms with Gasteiger partial charge >= 0.3 is 0 Å². The van der Waals surface area contributed by atoms with Crippen LogP contribution in [-0.2, 0) is 0 Å². The molecular formula is C8H16N2. The first-order valence-electron chi connectivity index (χ1n) is 4.30. The highest BCUT2D eigenvalue weighted by Gasteiger charge is 2.30. The number of rotatable bonds is 0. The largest absolute Gasteiger partial charge is 0.314 e. The Hall–Kier alpha value is -0.0800. The zero-order valence-electron chi connectivity index (χ0n) is 6.64. The van der Waals surface area contributed by atoms with Crippen LogP contribution >= 0.6 is 0 Å². The number of piperidine rings is 1. The van der Waals surface area contributed by atoms with Gasteiger partial charge in [0.2, 0.25) is 0 Å². The van der Waals surface area contributed by atoms with Gasteiger partial charge in [-0.25, -0.2) is 0 Å². The summed E-state index contributed by atoms with van der Waals surface area (Å²) in [6.45, 7) is 2.43. The Kier molecular flexibility index (Phi) is 1.66. The van der Waals surface area contributed by atoms with Gasteiger partial charge in [-0.1, -0.05) is 6.42 Å². The first-order chi connectivity index (χ1) is 4.88. The van der Waals surface area contributed by atoms with E-state index in [2.05, 4.69) is 17.3 Å². The highest BCUT2D eigenvalue weighted by Crippen LogP contribution is 2.22. The predicted octanol–water partition coefficient (Wildman–Crippen LogP) is 0.442. The van der Waals surface area contributed by atoms with Crippen LogP contribution in [0.25, 0.3) is 0 Å². The Bertz CT molecular complexity index is 102. The molecule has 10 heavy (non-hydrogen) atoms. The molecule has 0 aromatic carbocycles. The molecule has 0 aliphatic carbocycles. The molecule has 0 saturated carbocycles. The predicted molar refractivity (Wildman–Crippen MR) is 42.1 cm³/mol. The molecule has 2 aliphatic rings. The topological polar surface area (TPSA) is 15.3 Å².